The summed E-state index contributed by atoms with van der Waals surface area (Å²) in [5.41, 5.74) is 0. The van der Waals surface area contributed by atoms with Crippen LogP contribution in [-0.4, -0.2) is 47.4 Å². The third-order valence-corrected chi connectivity index (χ3v) is 9.88. The Bertz CT molecular complexity index is 854. The number of rotatable bonds is 40. The lowest BCUT2D eigenvalue weighted by Gasteiger charge is -2.19. The van der Waals surface area contributed by atoms with Crippen LogP contribution >= 0.6 is 0 Å². The molecule has 2 atom stereocenters. The van der Waals surface area contributed by atoms with Crippen LogP contribution < -0.4 is 5.32 Å². The molecule has 0 aromatic rings. The van der Waals surface area contributed by atoms with Crippen molar-refractivity contribution in [2.75, 3.05) is 13.2 Å². The summed E-state index contributed by atoms with van der Waals surface area (Å²) in [6, 6.07) is -0.664. The van der Waals surface area contributed by atoms with Crippen molar-refractivity contribution in [2.24, 2.45) is 0 Å². The van der Waals surface area contributed by atoms with E-state index in [1.165, 1.54) is 122 Å². The maximum atomic E-state index is 12.3. The maximum absolute atomic E-state index is 12.3. The molecule has 0 aromatic heterocycles. The smallest absolute Gasteiger partial charge is 0.305 e. The number of nitrogens with one attached hydrogen (secondary N) is 1. The van der Waals surface area contributed by atoms with Crippen molar-refractivity contribution < 1.29 is 24.5 Å². The molecular weight excluding hydrogens is 647 g/mol. The van der Waals surface area contributed by atoms with Gasteiger partial charge in [-0.25, -0.2) is 0 Å². The van der Waals surface area contributed by atoms with E-state index in [0.29, 0.717) is 19.4 Å². The van der Waals surface area contributed by atoms with Gasteiger partial charge in [0.15, 0.2) is 0 Å². The Morgan fingerprint density at radius 1 is 0.519 bits per heavy atom. The minimum atomic E-state index is -0.873. The summed E-state index contributed by atoms with van der Waals surface area (Å²) in [6.45, 7) is 4.76. The highest BCUT2D eigenvalue weighted by atomic mass is 16.5. The molecule has 0 aliphatic rings. The van der Waals surface area contributed by atoms with Gasteiger partial charge in [-0.15, -0.1) is 0 Å². The lowest BCUT2D eigenvalue weighted by atomic mass is 10.1. The average Bonchev–Trinajstić information content (AvgIpc) is 3.14. The molecule has 0 fully saturated rings. The number of hydrogen-bond acceptors (Lipinski definition) is 5. The first-order chi connectivity index (χ1) is 25.5. The van der Waals surface area contributed by atoms with Gasteiger partial charge in [0.2, 0.25) is 5.91 Å². The van der Waals surface area contributed by atoms with E-state index in [0.717, 1.165) is 70.6 Å². The molecule has 0 saturated heterocycles. The first-order valence-corrected chi connectivity index (χ1v) is 22.3. The quantitative estimate of drug-likeness (QED) is 0.0331. The lowest BCUT2D eigenvalue weighted by Crippen LogP contribution is -2.45. The molecule has 0 rings (SSSR count). The zero-order valence-corrected chi connectivity index (χ0v) is 34.3. The van der Waals surface area contributed by atoms with Crippen molar-refractivity contribution in [3.05, 3.63) is 36.5 Å². The fourth-order valence-corrected chi connectivity index (χ4v) is 6.39. The molecule has 52 heavy (non-hydrogen) atoms. The normalized spacial score (nSPS) is 13.1. The van der Waals surface area contributed by atoms with Crippen molar-refractivity contribution in [3.63, 3.8) is 0 Å². The van der Waals surface area contributed by atoms with E-state index in [4.69, 9.17) is 4.74 Å². The van der Waals surface area contributed by atoms with Crippen LogP contribution in [0.1, 0.15) is 219 Å². The minimum absolute atomic E-state index is 0.0471. The molecule has 0 heterocycles. The second-order valence-corrected chi connectivity index (χ2v) is 15.0. The van der Waals surface area contributed by atoms with Crippen LogP contribution in [0.4, 0.5) is 0 Å². The topological polar surface area (TPSA) is 95.9 Å². The lowest BCUT2D eigenvalue weighted by molar-refractivity contribution is -0.143. The van der Waals surface area contributed by atoms with Gasteiger partial charge in [0.1, 0.15) is 0 Å². The summed E-state index contributed by atoms with van der Waals surface area (Å²) in [5.74, 6) is -0.180. The van der Waals surface area contributed by atoms with Crippen LogP contribution in [0.2, 0.25) is 0 Å². The molecule has 3 N–H and O–H groups in total. The first-order valence-electron chi connectivity index (χ1n) is 22.3. The third kappa shape index (κ3) is 37.8. The van der Waals surface area contributed by atoms with E-state index in [1.807, 2.05) is 6.08 Å². The predicted octanol–water partition coefficient (Wildman–Crippen LogP) is 12.6. The van der Waals surface area contributed by atoms with Crippen molar-refractivity contribution in [1.82, 2.24) is 5.32 Å². The fourth-order valence-electron chi connectivity index (χ4n) is 6.39. The highest BCUT2D eigenvalue weighted by molar-refractivity contribution is 5.76. The number of carbonyl (C=O) groups is 2. The maximum Gasteiger partial charge on any atom is 0.305 e. The van der Waals surface area contributed by atoms with Crippen LogP contribution in [0, 0.1) is 0 Å². The summed E-state index contributed by atoms with van der Waals surface area (Å²) in [5, 5.41) is 22.8. The standard InChI is InChI=1S/C46H85NO5/c1-3-5-7-9-11-13-15-16-17-18-19-20-24-28-32-36-40-46(51)52-41-37-33-29-25-21-23-27-31-35-39-45(50)47-43(42-48)44(49)38-34-30-26-22-14-12-10-8-6-4-2/h17-18,23,27,34,38,43-44,48-49H,3-16,19-22,24-26,28-33,35-37,39-42H2,1-2H3,(H,47,50)/b18-17-,27-23-,38-34+. The largest absolute Gasteiger partial charge is 0.466 e. The zero-order chi connectivity index (χ0) is 38.0. The summed E-state index contributed by atoms with van der Waals surface area (Å²) in [6.07, 6.45) is 48.5. The Balaban J connectivity index is 3.58. The SMILES string of the molecule is CCCCCCCCC/C=C\CCCCCCCC(=O)OCCCCCC/C=C\CCCC(=O)NC(CO)C(O)/C=C/CCCCCCCCCC. The number of esters is 1. The van der Waals surface area contributed by atoms with Crippen LogP contribution in [-0.2, 0) is 14.3 Å². The van der Waals surface area contributed by atoms with E-state index in [-0.39, 0.29) is 18.5 Å². The molecule has 0 aliphatic carbocycles. The summed E-state index contributed by atoms with van der Waals surface area (Å²) < 4.78 is 5.42. The van der Waals surface area contributed by atoms with Gasteiger partial charge in [0.05, 0.1) is 25.4 Å². The average molecular weight is 732 g/mol. The number of aliphatic hydroxyl groups is 2. The Morgan fingerprint density at radius 3 is 1.40 bits per heavy atom. The monoisotopic (exact) mass is 732 g/mol. The van der Waals surface area contributed by atoms with Gasteiger partial charge >= 0.3 is 5.97 Å². The molecule has 0 bridgehead atoms. The Hall–Kier alpha value is -1.92. The van der Waals surface area contributed by atoms with E-state index < -0.39 is 12.1 Å². The van der Waals surface area contributed by atoms with Crippen molar-refractivity contribution in [1.29, 1.82) is 0 Å². The molecule has 0 aromatic carbocycles. The second kappa shape index (κ2) is 41.8. The Kier molecular flexibility index (Phi) is 40.3. The highest BCUT2D eigenvalue weighted by Crippen LogP contribution is 2.13. The highest BCUT2D eigenvalue weighted by Gasteiger charge is 2.17. The molecule has 6 heteroatoms. The molecule has 2 unspecified atom stereocenters. The van der Waals surface area contributed by atoms with Crippen LogP contribution in [0.15, 0.2) is 36.5 Å². The van der Waals surface area contributed by atoms with Crippen LogP contribution in [0.5, 0.6) is 0 Å². The van der Waals surface area contributed by atoms with Crippen LogP contribution in [0.3, 0.4) is 0 Å². The minimum Gasteiger partial charge on any atom is -0.466 e. The van der Waals surface area contributed by atoms with E-state index in [9.17, 15) is 19.8 Å². The summed E-state index contributed by atoms with van der Waals surface area (Å²) in [4.78, 5) is 24.3. The Morgan fingerprint density at radius 2 is 0.923 bits per heavy atom. The molecule has 1 amide bonds. The van der Waals surface area contributed by atoms with Gasteiger partial charge in [0, 0.05) is 12.8 Å². The molecule has 6 nitrogen and oxygen atoms in total. The number of carbonyl (C=O) groups excluding carboxylic acids is 2. The number of unbranched alkanes of at least 4 members (excludes halogenated alkanes) is 25. The number of amides is 1. The summed E-state index contributed by atoms with van der Waals surface area (Å²) >= 11 is 0. The molecule has 0 spiro atoms. The summed E-state index contributed by atoms with van der Waals surface area (Å²) in [7, 11) is 0. The van der Waals surface area contributed by atoms with E-state index in [2.05, 4.69) is 43.5 Å². The van der Waals surface area contributed by atoms with Gasteiger partial charge < -0.3 is 20.3 Å². The van der Waals surface area contributed by atoms with Crippen molar-refractivity contribution in [2.45, 2.75) is 231 Å². The van der Waals surface area contributed by atoms with E-state index in [1.54, 1.807) is 6.08 Å². The fraction of sp³-hybridized carbons (Fsp3) is 0.826. The van der Waals surface area contributed by atoms with Gasteiger partial charge in [-0.05, 0) is 77.0 Å². The van der Waals surface area contributed by atoms with Crippen LogP contribution in [0.25, 0.3) is 0 Å². The van der Waals surface area contributed by atoms with E-state index >= 15 is 0 Å². The van der Waals surface area contributed by atoms with Gasteiger partial charge in [-0.2, -0.15) is 0 Å². The molecular formula is C46H85NO5. The molecule has 304 valence electrons. The van der Waals surface area contributed by atoms with Gasteiger partial charge in [0.25, 0.3) is 0 Å². The van der Waals surface area contributed by atoms with Crippen molar-refractivity contribution >= 4 is 11.9 Å². The first kappa shape index (κ1) is 50.1. The number of hydrogen-bond donors (Lipinski definition) is 3. The number of aliphatic hydroxyl groups excluding tert-OH is 2. The Labute approximate surface area is 322 Å². The second-order valence-electron chi connectivity index (χ2n) is 15.0. The third-order valence-electron chi connectivity index (χ3n) is 9.88. The van der Waals surface area contributed by atoms with Gasteiger partial charge in [-0.3, -0.25) is 9.59 Å². The number of ether oxygens (including phenoxy) is 1. The number of allylic oxidation sites excluding steroid dienone is 5. The van der Waals surface area contributed by atoms with Gasteiger partial charge in [-0.1, -0.05) is 166 Å². The van der Waals surface area contributed by atoms with Crippen molar-refractivity contribution in [3.8, 4) is 0 Å². The predicted molar refractivity (Wildman–Crippen MR) is 222 cm³/mol. The molecule has 0 saturated carbocycles. The molecule has 0 radical (unpaired) electrons. The molecule has 0 aliphatic heterocycles. The zero-order valence-electron chi connectivity index (χ0n) is 34.3.